The van der Waals surface area contributed by atoms with Crippen LogP contribution < -0.4 is 5.32 Å². The third-order valence-electron chi connectivity index (χ3n) is 4.52. The van der Waals surface area contributed by atoms with Crippen molar-refractivity contribution in [3.05, 3.63) is 35.4 Å². The normalized spacial score (nSPS) is 25.5. The van der Waals surface area contributed by atoms with Crippen LogP contribution in [0.1, 0.15) is 24.8 Å². The summed E-state index contributed by atoms with van der Waals surface area (Å²) in [4.78, 5) is 14.2. The Hall–Kier alpha value is -1.49. The Labute approximate surface area is 123 Å². The number of amides is 1. The van der Waals surface area contributed by atoms with E-state index < -0.39 is 11.6 Å². The van der Waals surface area contributed by atoms with Crippen molar-refractivity contribution in [1.29, 1.82) is 0 Å². The lowest BCUT2D eigenvalue weighted by molar-refractivity contribution is -0.132. The third-order valence-corrected chi connectivity index (χ3v) is 4.52. The van der Waals surface area contributed by atoms with Gasteiger partial charge in [0.2, 0.25) is 5.91 Å². The van der Waals surface area contributed by atoms with Gasteiger partial charge in [-0.3, -0.25) is 4.79 Å². The van der Waals surface area contributed by atoms with Crippen LogP contribution in [-0.2, 0) is 11.2 Å². The highest BCUT2D eigenvalue weighted by atomic mass is 19.1. The SMILES string of the molecule is O=C(Cc1cc(F)cc(F)c1)N1CC[C@@H]2NCCC[C@@H]2C1. The van der Waals surface area contributed by atoms with Gasteiger partial charge in [-0.25, -0.2) is 8.78 Å². The van der Waals surface area contributed by atoms with E-state index in [2.05, 4.69) is 5.32 Å². The van der Waals surface area contributed by atoms with Crippen LogP contribution in [0.15, 0.2) is 18.2 Å². The lowest BCUT2D eigenvalue weighted by Gasteiger charge is -2.41. The number of fused-ring (bicyclic) bond motifs is 1. The van der Waals surface area contributed by atoms with Crippen molar-refractivity contribution in [2.75, 3.05) is 19.6 Å². The molecule has 1 N–H and O–H groups in total. The van der Waals surface area contributed by atoms with Crippen molar-refractivity contribution in [1.82, 2.24) is 10.2 Å². The summed E-state index contributed by atoms with van der Waals surface area (Å²) >= 11 is 0. The van der Waals surface area contributed by atoms with Gasteiger partial charge in [-0.2, -0.15) is 0 Å². The van der Waals surface area contributed by atoms with E-state index >= 15 is 0 Å². The van der Waals surface area contributed by atoms with Crippen LogP contribution >= 0.6 is 0 Å². The average molecular weight is 294 g/mol. The molecular formula is C16H20F2N2O. The number of benzene rings is 1. The zero-order valence-electron chi connectivity index (χ0n) is 11.9. The molecule has 5 heteroatoms. The van der Waals surface area contributed by atoms with E-state index in [0.717, 1.165) is 45.0 Å². The van der Waals surface area contributed by atoms with E-state index in [1.54, 1.807) is 0 Å². The topological polar surface area (TPSA) is 32.3 Å². The lowest BCUT2D eigenvalue weighted by atomic mass is 9.85. The van der Waals surface area contributed by atoms with Gasteiger partial charge in [0.25, 0.3) is 0 Å². The van der Waals surface area contributed by atoms with E-state index in [1.165, 1.54) is 12.1 Å². The highest BCUT2D eigenvalue weighted by Gasteiger charge is 2.32. The summed E-state index contributed by atoms with van der Waals surface area (Å²) in [5.74, 6) is -0.786. The van der Waals surface area contributed by atoms with Crippen molar-refractivity contribution < 1.29 is 13.6 Å². The van der Waals surface area contributed by atoms with Gasteiger partial charge in [-0.05, 0) is 49.4 Å². The molecule has 0 spiro atoms. The number of carbonyl (C=O) groups excluding carboxylic acids is 1. The predicted octanol–water partition coefficient (Wildman–Crippen LogP) is 2.11. The fourth-order valence-electron chi connectivity index (χ4n) is 3.47. The number of piperidine rings is 2. The number of nitrogens with one attached hydrogen (secondary N) is 1. The molecule has 2 atom stereocenters. The first kappa shape index (κ1) is 14.4. The minimum absolute atomic E-state index is 0.0379. The van der Waals surface area contributed by atoms with Gasteiger partial charge < -0.3 is 10.2 Å². The van der Waals surface area contributed by atoms with Crippen molar-refractivity contribution in [3.8, 4) is 0 Å². The van der Waals surface area contributed by atoms with Crippen LogP contribution in [0.3, 0.4) is 0 Å². The highest BCUT2D eigenvalue weighted by molar-refractivity contribution is 5.78. The number of hydrogen-bond acceptors (Lipinski definition) is 2. The Morgan fingerprint density at radius 1 is 1.24 bits per heavy atom. The smallest absolute Gasteiger partial charge is 0.227 e. The molecule has 0 saturated carbocycles. The Kier molecular flexibility index (Phi) is 4.19. The zero-order valence-corrected chi connectivity index (χ0v) is 11.9. The molecule has 1 aromatic rings. The minimum atomic E-state index is -0.631. The first-order valence-corrected chi connectivity index (χ1v) is 7.58. The molecule has 2 saturated heterocycles. The van der Waals surface area contributed by atoms with Gasteiger partial charge in [0, 0.05) is 25.2 Å². The van der Waals surface area contributed by atoms with Gasteiger partial charge >= 0.3 is 0 Å². The van der Waals surface area contributed by atoms with E-state index in [9.17, 15) is 13.6 Å². The van der Waals surface area contributed by atoms with E-state index in [-0.39, 0.29) is 12.3 Å². The highest BCUT2D eigenvalue weighted by Crippen LogP contribution is 2.25. The predicted molar refractivity (Wildman–Crippen MR) is 75.8 cm³/mol. The van der Waals surface area contributed by atoms with Crippen LogP contribution in [0.25, 0.3) is 0 Å². The molecule has 1 amide bonds. The Morgan fingerprint density at radius 3 is 2.76 bits per heavy atom. The molecule has 2 aliphatic rings. The van der Waals surface area contributed by atoms with Gasteiger partial charge in [0.15, 0.2) is 0 Å². The summed E-state index contributed by atoms with van der Waals surface area (Å²) in [6, 6.07) is 3.81. The largest absolute Gasteiger partial charge is 0.342 e. The first-order chi connectivity index (χ1) is 10.1. The Balaban J connectivity index is 1.62. The summed E-state index contributed by atoms with van der Waals surface area (Å²) in [7, 11) is 0. The molecule has 3 nitrogen and oxygen atoms in total. The van der Waals surface area contributed by atoms with Crippen LogP contribution in [0.5, 0.6) is 0 Å². The zero-order chi connectivity index (χ0) is 14.8. The van der Waals surface area contributed by atoms with Crippen LogP contribution in [0.4, 0.5) is 8.78 Å². The number of rotatable bonds is 2. The summed E-state index contributed by atoms with van der Waals surface area (Å²) in [5, 5.41) is 3.51. The molecule has 3 rings (SSSR count). The second-order valence-corrected chi connectivity index (χ2v) is 6.05. The van der Waals surface area contributed by atoms with Crippen LogP contribution in [-0.4, -0.2) is 36.5 Å². The monoisotopic (exact) mass is 294 g/mol. The summed E-state index contributed by atoms with van der Waals surface area (Å²) in [6.07, 6.45) is 3.34. The number of hydrogen-bond donors (Lipinski definition) is 1. The van der Waals surface area contributed by atoms with Crippen LogP contribution in [0.2, 0.25) is 0 Å². The van der Waals surface area contributed by atoms with Crippen molar-refractivity contribution in [3.63, 3.8) is 0 Å². The molecule has 0 bridgehead atoms. The average Bonchev–Trinajstić information content (AvgIpc) is 2.45. The molecule has 0 unspecified atom stereocenters. The molecule has 1 aromatic carbocycles. The van der Waals surface area contributed by atoms with Crippen molar-refractivity contribution in [2.45, 2.75) is 31.7 Å². The van der Waals surface area contributed by atoms with E-state index in [4.69, 9.17) is 0 Å². The fourth-order valence-corrected chi connectivity index (χ4v) is 3.47. The molecule has 2 heterocycles. The second-order valence-electron chi connectivity index (χ2n) is 6.05. The standard InChI is InChI=1S/C16H20F2N2O/c17-13-6-11(7-14(18)9-13)8-16(21)20-5-3-15-12(10-20)2-1-4-19-15/h6-7,9,12,15,19H,1-5,8,10H2/t12-,15+/m1/s1. The van der Waals surface area contributed by atoms with Gasteiger partial charge in [0.1, 0.15) is 11.6 Å². The van der Waals surface area contributed by atoms with Crippen LogP contribution in [0, 0.1) is 17.6 Å². The Morgan fingerprint density at radius 2 is 2.00 bits per heavy atom. The van der Waals surface area contributed by atoms with E-state index in [1.807, 2.05) is 4.90 Å². The number of nitrogens with zero attached hydrogens (tertiary/aromatic N) is 1. The molecule has 114 valence electrons. The molecule has 2 aliphatic heterocycles. The van der Waals surface area contributed by atoms with Gasteiger partial charge in [0.05, 0.1) is 6.42 Å². The maximum absolute atomic E-state index is 13.2. The minimum Gasteiger partial charge on any atom is -0.342 e. The maximum Gasteiger partial charge on any atom is 0.227 e. The number of carbonyl (C=O) groups is 1. The van der Waals surface area contributed by atoms with E-state index in [0.29, 0.717) is 17.5 Å². The number of likely N-dealkylation sites (tertiary alicyclic amines) is 1. The van der Waals surface area contributed by atoms with Crippen molar-refractivity contribution in [2.24, 2.45) is 5.92 Å². The third kappa shape index (κ3) is 3.40. The molecular weight excluding hydrogens is 274 g/mol. The molecule has 21 heavy (non-hydrogen) atoms. The molecule has 0 aliphatic carbocycles. The Bertz CT molecular complexity index is 515. The quantitative estimate of drug-likeness (QED) is 0.906. The van der Waals surface area contributed by atoms with Crippen molar-refractivity contribution >= 4 is 5.91 Å². The molecule has 0 radical (unpaired) electrons. The summed E-state index contributed by atoms with van der Waals surface area (Å²) < 4.78 is 26.3. The second kappa shape index (κ2) is 6.10. The molecule has 2 fully saturated rings. The first-order valence-electron chi connectivity index (χ1n) is 7.58. The summed E-state index contributed by atoms with van der Waals surface area (Å²) in [6.45, 7) is 2.55. The molecule has 0 aromatic heterocycles. The summed E-state index contributed by atoms with van der Waals surface area (Å²) in [5.41, 5.74) is 0.404. The number of halogens is 2. The van der Waals surface area contributed by atoms with Gasteiger partial charge in [-0.1, -0.05) is 0 Å². The van der Waals surface area contributed by atoms with Gasteiger partial charge in [-0.15, -0.1) is 0 Å². The maximum atomic E-state index is 13.2. The fraction of sp³-hybridized carbons (Fsp3) is 0.562. The lowest BCUT2D eigenvalue weighted by Crippen LogP contribution is -2.53.